The number of nitrogens with zero attached hydrogens (tertiary/aromatic N) is 2. The maximum Gasteiger partial charge on any atom is 0.242 e. The minimum absolute atomic E-state index is 0.0181. The van der Waals surface area contributed by atoms with Crippen LogP contribution in [-0.4, -0.2) is 61.5 Å². The van der Waals surface area contributed by atoms with Gasteiger partial charge in [0.1, 0.15) is 5.25 Å². The predicted octanol–water partition coefficient (Wildman–Crippen LogP) is -0.222. The van der Waals surface area contributed by atoms with Crippen molar-refractivity contribution < 1.29 is 18.0 Å². The van der Waals surface area contributed by atoms with Gasteiger partial charge in [0.25, 0.3) is 0 Å². The summed E-state index contributed by atoms with van der Waals surface area (Å²) in [5.41, 5.74) is 0. The first-order chi connectivity index (χ1) is 8.38. The summed E-state index contributed by atoms with van der Waals surface area (Å²) in [5.74, 6) is -0.440. The molecule has 0 spiro atoms. The van der Waals surface area contributed by atoms with E-state index < -0.39 is 14.3 Å². The molecular weight excluding hydrogens is 280 g/mol. The Morgan fingerprint density at radius 1 is 1.33 bits per heavy atom. The van der Waals surface area contributed by atoms with Crippen molar-refractivity contribution in [2.45, 2.75) is 24.5 Å². The molecule has 0 bridgehead atoms. The van der Waals surface area contributed by atoms with Gasteiger partial charge in [0.15, 0.2) is 0 Å². The zero-order valence-electron chi connectivity index (χ0n) is 9.84. The Balaban J connectivity index is 1.94. The SMILES string of the molecule is O=C(CN1CC(S(=O)(=O)Cl)CC1=O)N1CCCC1. The molecule has 2 amide bonds. The predicted molar refractivity (Wildman–Crippen MR) is 65.6 cm³/mol. The second kappa shape index (κ2) is 5.05. The monoisotopic (exact) mass is 294 g/mol. The molecule has 2 heterocycles. The van der Waals surface area contributed by atoms with E-state index in [4.69, 9.17) is 10.7 Å². The van der Waals surface area contributed by atoms with Gasteiger partial charge in [-0.3, -0.25) is 9.59 Å². The summed E-state index contributed by atoms with van der Waals surface area (Å²) in [6.07, 6.45) is 1.84. The van der Waals surface area contributed by atoms with Crippen LogP contribution in [0.4, 0.5) is 0 Å². The normalized spacial score (nSPS) is 24.9. The lowest BCUT2D eigenvalue weighted by Crippen LogP contribution is -2.40. The third-order valence-corrected chi connectivity index (χ3v) is 5.23. The molecule has 102 valence electrons. The fraction of sp³-hybridized carbons (Fsp3) is 0.800. The Labute approximate surface area is 110 Å². The van der Waals surface area contributed by atoms with E-state index in [9.17, 15) is 18.0 Å². The highest BCUT2D eigenvalue weighted by molar-refractivity contribution is 8.14. The fourth-order valence-corrected chi connectivity index (χ4v) is 3.36. The maximum atomic E-state index is 11.9. The van der Waals surface area contributed by atoms with Gasteiger partial charge >= 0.3 is 0 Å². The summed E-state index contributed by atoms with van der Waals surface area (Å²) < 4.78 is 22.3. The van der Waals surface area contributed by atoms with Crippen molar-refractivity contribution >= 4 is 31.5 Å². The van der Waals surface area contributed by atoms with Crippen LogP contribution >= 0.6 is 10.7 Å². The van der Waals surface area contributed by atoms with Gasteiger partial charge in [-0.05, 0) is 12.8 Å². The van der Waals surface area contributed by atoms with Crippen LogP contribution < -0.4 is 0 Å². The van der Waals surface area contributed by atoms with Gasteiger partial charge in [0.2, 0.25) is 20.9 Å². The van der Waals surface area contributed by atoms with Crippen molar-refractivity contribution in [3.8, 4) is 0 Å². The van der Waals surface area contributed by atoms with Crippen molar-refractivity contribution in [3.63, 3.8) is 0 Å². The molecule has 0 saturated carbocycles. The van der Waals surface area contributed by atoms with Gasteiger partial charge in [-0.2, -0.15) is 0 Å². The molecule has 8 heteroatoms. The lowest BCUT2D eigenvalue weighted by Gasteiger charge is -2.20. The molecular formula is C10H15ClN2O4S. The van der Waals surface area contributed by atoms with Gasteiger partial charge in [-0.25, -0.2) is 8.42 Å². The molecule has 0 aromatic rings. The number of carbonyl (C=O) groups is 2. The molecule has 0 aromatic carbocycles. The summed E-state index contributed by atoms with van der Waals surface area (Å²) in [7, 11) is 1.49. The van der Waals surface area contributed by atoms with E-state index in [1.165, 1.54) is 4.90 Å². The molecule has 0 aromatic heterocycles. The second-order valence-corrected chi connectivity index (χ2v) is 7.57. The highest BCUT2D eigenvalue weighted by atomic mass is 35.7. The van der Waals surface area contributed by atoms with Crippen molar-refractivity contribution in [2.75, 3.05) is 26.2 Å². The van der Waals surface area contributed by atoms with Crippen molar-refractivity contribution in [3.05, 3.63) is 0 Å². The van der Waals surface area contributed by atoms with Crippen molar-refractivity contribution in [1.29, 1.82) is 0 Å². The Kier molecular flexibility index (Phi) is 3.82. The van der Waals surface area contributed by atoms with E-state index in [0.717, 1.165) is 25.9 Å². The first-order valence-corrected chi connectivity index (χ1v) is 8.24. The van der Waals surface area contributed by atoms with Gasteiger partial charge < -0.3 is 9.80 Å². The van der Waals surface area contributed by atoms with E-state index in [-0.39, 0.29) is 31.3 Å². The zero-order valence-corrected chi connectivity index (χ0v) is 11.4. The fourth-order valence-electron chi connectivity index (χ4n) is 2.31. The number of hydrogen-bond acceptors (Lipinski definition) is 4. The van der Waals surface area contributed by atoms with Crippen LogP contribution in [0, 0.1) is 0 Å². The van der Waals surface area contributed by atoms with Crippen LogP contribution in [-0.2, 0) is 18.6 Å². The summed E-state index contributed by atoms with van der Waals surface area (Å²) in [6.45, 7) is 1.42. The molecule has 1 atom stereocenters. The molecule has 2 fully saturated rings. The number of hydrogen-bond donors (Lipinski definition) is 0. The Bertz CT molecular complexity index is 458. The first-order valence-electron chi connectivity index (χ1n) is 5.87. The first kappa shape index (κ1) is 13.6. The lowest BCUT2D eigenvalue weighted by molar-refractivity contribution is -0.137. The minimum atomic E-state index is -3.74. The quantitative estimate of drug-likeness (QED) is 0.674. The molecule has 0 aliphatic carbocycles. The van der Waals surface area contributed by atoms with Crippen molar-refractivity contribution in [1.82, 2.24) is 9.80 Å². The molecule has 2 aliphatic rings. The highest BCUT2D eigenvalue weighted by Gasteiger charge is 2.38. The molecule has 6 nitrogen and oxygen atoms in total. The Morgan fingerprint density at radius 2 is 1.94 bits per heavy atom. The number of amides is 2. The number of rotatable bonds is 3. The highest BCUT2D eigenvalue weighted by Crippen LogP contribution is 2.21. The van der Waals surface area contributed by atoms with Crippen LogP contribution in [0.5, 0.6) is 0 Å². The second-order valence-electron chi connectivity index (χ2n) is 4.66. The van der Waals surface area contributed by atoms with Gasteiger partial charge in [-0.15, -0.1) is 0 Å². The minimum Gasteiger partial charge on any atom is -0.341 e. The largest absolute Gasteiger partial charge is 0.341 e. The summed E-state index contributed by atoms with van der Waals surface area (Å²) in [4.78, 5) is 26.5. The molecule has 2 saturated heterocycles. The summed E-state index contributed by atoms with van der Waals surface area (Å²) in [5, 5.41) is -0.891. The van der Waals surface area contributed by atoms with Crippen LogP contribution in [0.1, 0.15) is 19.3 Å². The van der Waals surface area contributed by atoms with Crippen LogP contribution in [0.15, 0.2) is 0 Å². The standard InChI is InChI=1S/C10H15ClN2O4S/c11-18(16,17)8-5-9(14)13(6-8)7-10(15)12-3-1-2-4-12/h8H,1-7H2. The average molecular weight is 295 g/mol. The molecule has 2 rings (SSSR count). The number of carbonyl (C=O) groups excluding carboxylic acids is 2. The Morgan fingerprint density at radius 3 is 2.44 bits per heavy atom. The van der Waals surface area contributed by atoms with Crippen LogP contribution in [0.2, 0.25) is 0 Å². The lowest BCUT2D eigenvalue weighted by atomic mass is 10.4. The molecule has 0 radical (unpaired) electrons. The molecule has 18 heavy (non-hydrogen) atoms. The number of likely N-dealkylation sites (tertiary alicyclic amines) is 2. The smallest absolute Gasteiger partial charge is 0.242 e. The average Bonchev–Trinajstić information content (AvgIpc) is 2.87. The molecule has 0 N–H and O–H groups in total. The third kappa shape index (κ3) is 2.95. The van der Waals surface area contributed by atoms with Gasteiger partial charge in [0, 0.05) is 36.7 Å². The van der Waals surface area contributed by atoms with E-state index in [1.54, 1.807) is 4.90 Å². The van der Waals surface area contributed by atoms with E-state index in [0.29, 0.717) is 0 Å². The number of halogens is 1. The van der Waals surface area contributed by atoms with Crippen LogP contribution in [0.25, 0.3) is 0 Å². The maximum absolute atomic E-state index is 11.9. The topological polar surface area (TPSA) is 74.8 Å². The van der Waals surface area contributed by atoms with Gasteiger partial charge in [-0.1, -0.05) is 0 Å². The van der Waals surface area contributed by atoms with Crippen molar-refractivity contribution in [2.24, 2.45) is 0 Å². The molecule has 2 aliphatic heterocycles. The Hall–Kier alpha value is -0.820. The van der Waals surface area contributed by atoms with Crippen LogP contribution in [0.3, 0.4) is 0 Å². The summed E-state index contributed by atoms with van der Waals surface area (Å²) >= 11 is 0. The third-order valence-electron chi connectivity index (χ3n) is 3.36. The summed E-state index contributed by atoms with van der Waals surface area (Å²) in [6, 6.07) is 0. The zero-order chi connectivity index (χ0) is 13.3. The van der Waals surface area contributed by atoms with E-state index in [2.05, 4.69) is 0 Å². The van der Waals surface area contributed by atoms with E-state index >= 15 is 0 Å². The van der Waals surface area contributed by atoms with E-state index in [1.807, 2.05) is 0 Å². The molecule has 1 unspecified atom stereocenters. The van der Waals surface area contributed by atoms with Gasteiger partial charge in [0.05, 0.1) is 6.54 Å².